The molecule has 2 N–H and O–H groups in total. The zero-order valence-electron chi connectivity index (χ0n) is 7.65. The van der Waals surface area contributed by atoms with Gasteiger partial charge in [-0.3, -0.25) is 0 Å². The Balaban J connectivity index is 3.56. The molecule has 0 radical (unpaired) electrons. The summed E-state index contributed by atoms with van der Waals surface area (Å²) in [7, 11) is 0. The largest absolute Gasteiger partial charge is 0.417 e. The Morgan fingerprint density at radius 1 is 1.38 bits per heavy atom. The van der Waals surface area contributed by atoms with E-state index in [1.165, 1.54) is 0 Å². The maximum absolute atomic E-state index is 12.6. The van der Waals surface area contributed by atoms with Gasteiger partial charge < -0.3 is 5.73 Å². The monoisotopic (exact) mass is 304 g/mol. The summed E-state index contributed by atoms with van der Waals surface area (Å²) in [6, 6.07) is 0. The van der Waals surface area contributed by atoms with E-state index in [0.29, 0.717) is 0 Å². The van der Waals surface area contributed by atoms with Crippen LogP contribution < -0.4 is 5.73 Å². The van der Waals surface area contributed by atoms with Crippen LogP contribution in [0.5, 0.6) is 0 Å². The quantitative estimate of drug-likeness (QED) is 0.671. The molecule has 0 aliphatic rings. The molecule has 16 heavy (non-hydrogen) atoms. The molecule has 1 aromatic rings. The number of nitrogens with zero attached hydrogens (tertiary/aromatic N) is 1. The molecule has 1 heterocycles. The number of alkyl halides is 6. The Morgan fingerprint density at radius 3 is 2.31 bits per heavy atom. The molecular formula is C8H6BrF5N2. The molecule has 0 aliphatic carbocycles. The summed E-state index contributed by atoms with van der Waals surface area (Å²) >= 11 is 2.78. The number of nitrogens with two attached hydrogens (primary N) is 1. The lowest BCUT2D eigenvalue weighted by Gasteiger charge is -2.16. The summed E-state index contributed by atoms with van der Waals surface area (Å²) < 4.78 is 62.8. The maximum atomic E-state index is 12.6. The Bertz CT molecular complexity index is 391. The summed E-state index contributed by atoms with van der Waals surface area (Å²) in [5, 5.41) is -0.227. The second-order valence-corrected chi connectivity index (χ2v) is 3.45. The number of aromatic nitrogens is 1. The normalized spacial score (nSPS) is 12.2. The van der Waals surface area contributed by atoms with Gasteiger partial charge in [0.25, 0.3) is 6.43 Å². The summed E-state index contributed by atoms with van der Waals surface area (Å²) in [4.78, 5) is 3.31. The number of rotatable bonds is 2. The number of pyridine rings is 1. The van der Waals surface area contributed by atoms with Gasteiger partial charge in [0.2, 0.25) is 0 Å². The van der Waals surface area contributed by atoms with Crippen molar-refractivity contribution in [1.29, 1.82) is 0 Å². The van der Waals surface area contributed by atoms with Crippen LogP contribution in [-0.2, 0) is 11.5 Å². The lowest BCUT2D eigenvalue weighted by molar-refractivity contribution is -0.140. The van der Waals surface area contributed by atoms with Crippen LogP contribution >= 0.6 is 15.9 Å². The van der Waals surface area contributed by atoms with Crippen molar-refractivity contribution in [2.75, 3.05) is 5.73 Å². The number of hydrogen-bond acceptors (Lipinski definition) is 2. The number of anilines is 1. The van der Waals surface area contributed by atoms with Crippen LogP contribution in [0.4, 0.5) is 27.8 Å². The number of hydrogen-bond donors (Lipinski definition) is 1. The number of nitrogen functional groups attached to an aromatic ring is 1. The summed E-state index contributed by atoms with van der Waals surface area (Å²) in [6.45, 7) is 0. The molecule has 0 saturated heterocycles. The predicted molar refractivity (Wildman–Crippen MR) is 51.2 cm³/mol. The molecule has 1 rings (SSSR count). The van der Waals surface area contributed by atoms with Gasteiger partial charge in [-0.25, -0.2) is 13.8 Å². The zero-order valence-corrected chi connectivity index (χ0v) is 9.24. The smallest absolute Gasteiger partial charge is 0.383 e. The first-order valence-corrected chi connectivity index (χ1v) is 5.09. The highest BCUT2D eigenvalue weighted by atomic mass is 79.9. The first-order valence-electron chi connectivity index (χ1n) is 3.97. The molecule has 8 heteroatoms. The van der Waals surface area contributed by atoms with E-state index in [1.54, 1.807) is 0 Å². The third-order valence-corrected chi connectivity index (χ3v) is 2.48. The fourth-order valence-corrected chi connectivity index (χ4v) is 1.66. The minimum absolute atomic E-state index is 0.227. The second-order valence-electron chi connectivity index (χ2n) is 2.89. The van der Waals surface area contributed by atoms with Gasteiger partial charge in [-0.15, -0.1) is 0 Å². The van der Waals surface area contributed by atoms with Gasteiger partial charge in [-0.2, -0.15) is 13.2 Å². The lowest BCUT2D eigenvalue weighted by Crippen LogP contribution is -2.16. The molecule has 0 aliphatic heterocycles. The highest BCUT2D eigenvalue weighted by Crippen LogP contribution is 2.41. The van der Waals surface area contributed by atoms with Gasteiger partial charge in [-0.1, -0.05) is 15.9 Å². The van der Waals surface area contributed by atoms with Gasteiger partial charge in [0, 0.05) is 11.5 Å². The SMILES string of the molecule is Nc1ncc(CBr)c(C(F)(F)F)c1C(F)F. The molecule has 0 fully saturated rings. The summed E-state index contributed by atoms with van der Waals surface area (Å²) in [6.07, 6.45) is -7.37. The molecular weight excluding hydrogens is 299 g/mol. The molecule has 2 nitrogen and oxygen atoms in total. The fourth-order valence-electron chi connectivity index (χ4n) is 1.24. The molecule has 90 valence electrons. The molecule has 0 unspecified atom stereocenters. The Hall–Kier alpha value is -0.920. The van der Waals surface area contributed by atoms with Gasteiger partial charge in [0.1, 0.15) is 5.82 Å². The molecule has 0 amide bonds. The van der Waals surface area contributed by atoms with Crippen LogP contribution in [0.3, 0.4) is 0 Å². The van der Waals surface area contributed by atoms with Crippen molar-refractivity contribution in [1.82, 2.24) is 4.98 Å². The second kappa shape index (κ2) is 4.52. The van der Waals surface area contributed by atoms with Crippen LogP contribution in [0.1, 0.15) is 23.1 Å². The molecule has 0 aromatic carbocycles. The molecule has 1 aromatic heterocycles. The van der Waals surface area contributed by atoms with E-state index in [2.05, 4.69) is 20.9 Å². The summed E-state index contributed by atoms with van der Waals surface area (Å²) in [5.41, 5.74) is 2.00. The predicted octanol–water partition coefficient (Wildman–Crippen LogP) is 3.52. The van der Waals surface area contributed by atoms with Crippen molar-refractivity contribution in [2.24, 2.45) is 0 Å². The standard InChI is InChI=1S/C8H6BrF5N2/c9-1-3-2-16-7(15)4(6(10)11)5(3)8(12,13)14/h2,6H,1H2,(H2,15,16). The maximum Gasteiger partial charge on any atom is 0.417 e. The molecule has 0 saturated carbocycles. The van der Waals surface area contributed by atoms with E-state index in [1.807, 2.05) is 0 Å². The van der Waals surface area contributed by atoms with Crippen molar-refractivity contribution >= 4 is 21.7 Å². The van der Waals surface area contributed by atoms with Gasteiger partial charge in [0.05, 0.1) is 11.1 Å². The van der Waals surface area contributed by atoms with Crippen molar-refractivity contribution < 1.29 is 22.0 Å². The third kappa shape index (κ3) is 2.42. The van der Waals surface area contributed by atoms with Gasteiger partial charge >= 0.3 is 6.18 Å². The highest BCUT2D eigenvalue weighted by molar-refractivity contribution is 9.08. The Morgan fingerprint density at radius 2 is 1.94 bits per heavy atom. The average Bonchev–Trinajstić information content (AvgIpc) is 2.15. The Labute approximate surface area is 95.8 Å². The zero-order chi connectivity index (χ0) is 12.5. The van der Waals surface area contributed by atoms with E-state index < -0.39 is 29.5 Å². The number of halogens is 6. The van der Waals surface area contributed by atoms with E-state index in [9.17, 15) is 22.0 Å². The van der Waals surface area contributed by atoms with Gasteiger partial charge in [-0.05, 0) is 5.56 Å². The van der Waals surface area contributed by atoms with Crippen molar-refractivity contribution in [3.63, 3.8) is 0 Å². The van der Waals surface area contributed by atoms with Crippen LogP contribution in [0.2, 0.25) is 0 Å². The summed E-state index contributed by atoms with van der Waals surface area (Å²) in [5.74, 6) is -0.799. The lowest BCUT2D eigenvalue weighted by atomic mass is 10.0. The van der Waals surface area contributed by atoms with E-state index in [4.69, 9.17) is 5.73 Å². The van der Waals surface area contributed by atoms with Crippen LogP contribution in [0.25, 0.3) is 0 Å². The third-order valence-electron chi connectivity index (χ3n) is 1.87. The minimum Gasteiger partial charge on any atom is -0.383 e. The van der Waals surface area contributed by atoms with Crippen LogP contribution in [-0.4, -0.2) is 4.98 Å². The first-order chi connectivity index (χ1) is 7.29. The average molecular weight is 305 g/mol. The van der Waals surface area contributed by atoms with Crippen molar-refractivity contribution in [3.05, 3.63) is 22.9 Å². The van der Waals surface area contributed by atoms with Crippen LogP contribution in [0.15, 0.2) is 6.20 Å². The van der Waals surface area contributed by atoms with Crippen LogP contribution in [0, 0.1) is 0 Å². The van der Waals surface area contributed by atoms with Crippen molar-refractivity contribution in [3.8, 4) is 0 Å². The fraction of sp³-hybridized carbons (Fsp3) is 0.375. The molecule has 0 atom stereocenters. The molecule has 0 spiro atoms. The minimum atomic E-state index is -4.88. The van der Waals surface area contributed by atoms with E-state index in [-0.39, 0.29) is 10.9 Å². The highest BCUT2D eigenvalue weighted by Gasteiger charge is 2.39. The topological polar surface area (TPSA) is 38.9 Å². The van der Waals surface area contributed by atoms with E-state index in [0.717, 1.165) is 6.20 Å². The van der Waals surface area contributed by atoms with Crippen molar-refractivity contribution in [2.45, 2.75) is 17.9 Å². The molecule has 0 bridgehead atoms. The van der Waals surface area contributed by atoms with E-state index >= 15 is 0 Å². The first kappa shape index (κ1) is 13.1. The van der Waals surface area contributed by atoms with Gasteiger partial charge in [0.15, 0.2) is 0 Å². The Kier molecular flexibility index (Phi) is 3.72.